The molecule has 1 saturated carbocycles. The molecule has 0 unspecified atom stereocenters. The topological polar surface area (TPSA) is 58.4 Å². The van der Waals surface area contributed by atoms with Crippen molar-refractivity contribution >= 4 is 33.2 Å². The first-order valence-electron chi connectivity index (χ1n) is 9.60. The van der Waals surface area contributed by atoms with Gasteiger partial charge in [-0.1, -0.05) is 6.07 Å². The largest absolute Gasteiger partial charge is 0.390 e. The Morgan fingerprint density at radius 1 is 1.30 bits per heavy atom. The van der Waals surface area contributed by atoms with E-state index in [4.69, 9.17) is 0 Å². The molecule has 2 heterocycles. The van der Waals surface area contributed by atoms with Gasteiger partial charge in [-0.15, -0.1) is 0 Å². The van der Waals surface area contributed by atoms with Crippen LogP contribution in [-0.4, -0.2) is 34.1 Å². The SMILES string of the molecule is Cc1cc(-c2cnc3c(NCCC(F)(F)F)cc(Br)cn23)ccc1C(=O)NC1CC1. The van der Waals surface area contributed by atoms with E-state index >= 15 is 0 Å². The molecule has 1 amide bonds. The standard InChI is InChI=1S/C21H20BrF3N4O/c1-12-8-13(2-5-16(12)20(30)28-15-3-4-15)18-10-27-19-17(9-14(22)11-29(18)19)26-7-6-21(23,24)25/h2,5,8-11,15,26H,3-4,6-7H2,1H3,(H,28,30). The van der Waals surface area contributed by atoms with Gasteiger partial charge < -0.3 is 10.6 Å². The molecule has 0 atom stereocenters. The normalized spacial score (nSPS) is 14.2. The van der Waals surface area contributed by atoms with Crippen molar-refractivity contribution in [1.29, 1.82) is 0 Å². The number of nitrogens with one attached hydrogen (secondary N) is 2. The number of alkyl halides is 3. The van der Waals surface area contributed by atoms with Crippen LogP contribution in [0, 0.1) is 6.92 Å². The quantitative estimate of drug-likeness (QED) is 0.501. The van der Waals surface area contributed by atoms with Crippen LogP contribution in [0.25, 0.3) is 16.9 Å². The van der Waals surface area contributed by atoms with Gasteiger partial charge >= 0.3 is 6.18 Å². The summed E-state index contributed by atoms with van der Waals surface area (Å²) in [5.41, 5.74) is 4.17. The lowest BCUT2D eigenvalue weighted by Crippen LogP contribution is -2.26. The maximum atomic E-state index is 12.5. The van der Waals surface area contributed by atoms with Crippen LogP contribution in [-0.2, 0) is 0 Å². The molecule has 0 bridgehead atoms. The molecule has 5 nitrogen and oxygen atoms in total. The summed E-state index contributed by atoms with van der Waals surface area (Å²) >= 11 is 3.42. The molecule has 1 fully saturated rings. The van der Waals surface area contributed by atoms with Gasteiger partial charge in [0.2, 0.25) is 0 Å². The van der Waals surface area contributed by atoms with Gasteiger partial charge in [-0.2, -0.15) is 13.2 Å². The second kappa shape index (κ2) is 7.94. The maximum absolute atomic E-state index is 12.5. The van der Waals surface area contributed by atoms with Crippen molar-refractivity contribution in [3.8, 4) is 11.3 Å². The Morgan fingerprint density at radius 3 is 2.73 bits per heavy atom. The zero-order valence-corrected chi connectivity index (χ0v) is 17.8. The molecule has 2 N–H and O–H groups in total. The van der Waals surface area contributed by atoms with Gasteiger partial charge in [-0.3, -0.25) is 9.20 Å². The molecular formula is C21H20BrF3N4O. The molecule has 30 heavy (non-hydrogen) atoms. The summed E-state index contributed by atoms with van der Waals surface area (Å²) in [6.45, 7) is 1.65. The van der Waals surface area contributed by atoms with Gasteiger partial charge in [0.1, 0.15) is 0 Å². The van der Waals surface area contributed by atoms with E-state index in [1.165, 1.54) is 0 Å². The predicted octanol–water partition coefficient (Wildman–Crippen LogP) is 5.33. The number of imidazole rings is 1. The highest BCUT2D eigenvalue weighted by Gasteiger charge is 2.26. The van der Waals surface area contributed by atoms with Crippen molar-refractivity contribution in [3.63, 3.8) is 0 Å². The monoisotopic (exact) mass is 480 g/mol. The van der Waals surface area contributed by atoms with Crippen molar-refractivity contribution < 1.29 is 18.0 Å². The number of halogens is 4. The summed E-state index contributed by atoms with van der Waals surface area (Å²) in [6, 6.07) is 7.57. The predicted molar refractivity (Wildman–Crippen MR) is 113 cm³/mol. The molecule has 9 heteroatoms. The Hall–Kier alpha value is -2.55. The number of rotatable bonds is 6. The molecule has 1 aliphatic rings. The number of anilines is 1. The van der Waals surface area contributed by atoms with E-state index in [0.717, 1.165) is 29.7 Å². The smallest absolute Gasteiger partial charge is 0.382 e. The minimum atomic E-state index is -4.22. The van der Waals surface area contributed by atoms with Crippen molar-refractivity contribution in [2.24, 2.45) is 0 Å². The number of fused-ring (bicyclic) bond motifs is 1. The Kier molecular flexibility index (Phi) is 5.48. The highest BCUT2D eigenvalue weighted by atomic mass is 79.9. The average molecular weight is 481 g/mol. The summed E-state index contributed by atoms with van der Waals surface area (Å²) in [5.74, 6) is -0.0708. The number of carbonyl (C=O) groups is 1. The maximum Gasteiger partial charge on any atom is 0.390 e. The minimum Gasteiger partial charge on any atom is -0.382 e. The molecule has 4 rings (SSSR count). The summed E-state index contributed by atoms with van der Waals surface area (Å²) in [5, 5.41) is 5.81. The van der Waals surface area contributed by atoms with Crippen LogP contribution in [0.3, 0.4) is 0 Å². The van der Waals surface area contributed by atoms with E-state index < -0.39 is 12.6 Å². The van der Waals surface area contributed by atoms with Crippen LogP contribution in [0.4, 0.5) is 18.9 Å². The molecule has 0 saturated heterocycles. The summed E-state index contributed by atoms with van der Waals surface area (Å²) in [4.78, 5) is 16.8. The third-order valence-electron chi connectivity index (χ3n) is 4.98. The van der Waals surface area contributed by atoms with Gasteiger partial charge in [0.05, 0.1) is 24.0 Å². The molecule has 3 aromatic rings. The molecule has 0 aliphatic heterocycles. The van der Waals surface area contributed by atoms with E-state index in [0.29, 0.717) is 21.4 Å². The van der Waals surface area contributed by atoms with Gasteiger partial charge in [0, 0.05) is 34.4 Å². The van der Waals surface area contributed by atoms with Crippen molar-refractivity contribution in [3.05, 3.63) is 52.3 Å². The molecular weight excluding hydrogens is 461 g/mol. The minimum absolute atomic E-state index is 0.0708. The first-order chi connectivity index (χ1) is 14.2. The van der Waals surface area contributed by atoms with E-state index in [9.17, 15) is 18.0 Å². The van der Waals surface area contributed by atoms with Gasteiger partial charge in [0.15, 0.2) is 5.65 Å². The molecule has 2 aromatic heterocycles. The first kappa shape index (κ1) is 20.7. The zero-order chi connectivity index (χ0) is 21.5. The van der Waals surface area contributed by atoms with E-state index in [2.05, 4.69) is 31.5 Å². The fourth-order valence-electron chi connectivity index (χ4n) is 3.31. The fraction of sp³-hybridized carbons (Fsp3) is 0.333. The third kappa shape index (κ3) is 4.61. The van der Waals surface area contributed by atoms with Crippen LogP contribution >= 0.6 is 15.9 Å². The van der Waals surface area contributed by atoms with Crippen molar-refractivity contribution in [2.45, 2.75) is 38.4 Å². The number of carbonyl (C=O) groups excluding carboxylic acids is 1. The van der Waals surface area contributed by atoms with E-state index in [-0.39, 0.29) is 18.5 Å². The third-order valence-corrected chi connectivity index (χ3v) is 5.41. The van der Waals surface area contributed by atoms with Crippen LogP contribution < -0.4 is 10.6 Å². The average Bonchev–Trinajstić information content (AvgIpc) is 3.36. The van der Waals surface area contributed by atoms with Crippen LogP contribution in [0.1, 0.15) is 35.2 Å². The highest BCUT2D eigenvalue weighted by molar-refractivity contribution is 9.10. The Balaban J connectivity index is 1.63. The summed E-state index contributed by atoms with van der Waals surface area (Å²) in [7, 11) is 0. The number of aryl methyl sites for hydroxylation is 1. The number of amides is 1. The molecule has 1 aliphatic carbocycles. The number of pyridine rings is 1. The lowest BCUT2D eigenvalue weighted by Gasteiger charge is -2.12. The first-order valence-corrected chi connectivity index (χ1v) is 10.4. The van der Waals surface area contributed by atoms with Crippen LogP contribution in [0.15, 0.2) is 41.1 Å². The van der Waals surface area contributed by atoms with Gasteiger partial charge in [-0.05, 0) is 59.5 Å². The fourth-order valence-corrected chi connectivity index (χ4v) is 3.74. The summed E-state index contributed by atoms with van der Waals surface area (Å²) < 4.78 is 40.0. The van der Waals surface area contributed by atoms with E-state index in [1.807, 2.05) is 29.7 Å². The van der Waals surface area contributed by atoms with Gasteiger partial charge in [0.25, 0.3) is 5.91 Å². The highest BCUT2D eigenvalue weighted by Crippen LogP contribution is 2.30. The lowest BCUT2D eigenvalue weighted by molar-refractivity contribution is -0.131. The van der Waals surface area contributed by atoms with E-state index in [1.54, 1.807) is 18.3 Å². The Labute approximate surface area is 179 Å². The van der Waals surface area contributed by atoms with Crippen LogP contribution in [0.5, 0.6) is 0 Å². The number of hydrogen-bond donors (Lipinski definition) is 2. The molecule has 1 aromatic carbocycles. The summed E-state index contributed by atoms with van der Waals surface area (Å²) in [6.07, 6.45) is 0.395. The lowest BCUT2D eigenvalue weighted by atomic mass is 10.0. The Bertz CT molecular complexity index is 1110. The van der Waals surface area contributed by atoms with Crippen molar-refractivity contribution in [1.82, 2.24) is 14.7 Å². The zero-order valence-electron chi connectivity index (χ0n) is 16.2. The second-order valence-electron chi connectivity index (χ2n) is 7.48. The second-order valence-corrected chi connectivity index (χ2v) is 8.39. The molecule has 0 spiro atoms. The van der Waals surface area contributed by atoms with Gasteiger partial charge in [-0.25, -0.2) is 4.98 Å². The Morgan fingerprint density at radius 2 is 2.07 bits per heavy atom. The molecule has 0 radical (unpaired) electrons. The number of nitrogens with zero attached hydrogens (tertiary/aromatic N) is 2. The molecule has 158 valence electrons. The van der Waals surface area contributed by atoms with Crippen molar-refractivity contribution in [2.75, 3.05) is 11.9 Å². The number of hydrogen-bond acceptors (Lipinski definition) is 3. The number of aromatic nitrogens is 2. The number of benzene rings is 1. The van der Waals surface area contributed by atoms with Crippen LogP contribution in [0.2, 0.25) is 0 Å².